The molecule has 1 aromatic heterocycles. The highest BCUT2D eigenvalue weighted by atomic mass is 35.5. The summed E-state index contributed by atoms with van der Waals surface area (Å²) in [6, 6.07) is 26.7. The summed E-state index contributed by atoms with van der Waals surface area (Å²) >= 11 is 14.4. The maximum Gasteiger partial charge on any atom is 0.253 e. The molecule has 8 heteroatoms. The van der Waals surface area contributed by atoms with Gasteiger partial charge in [0.25, 0.3) is 5.91 Å². The van der Waals surface area contributed by atoms with Gasteiger partial charge in [-0.25, -0.2) is 4.98 Å². The molecule has 4 aromatic rings. The Morgan fingerprint density at radius 2 is 1.53 bits per heavy atom. The highest BCUT2D eigenvalue weighted by molar-refractivity contribution is 7.13. The summed E-state index contributed by atoms with van der Waals surface area (Å²) in [5.41, 5.74) is 9.18. The largest absolute Gasteiger partial charge is 0.375 e. The van der Waals surface area contributed by atoms with Gasteiger partial charge in [-0.1, -0.05) is 84.2 Å². The molecule has 2 aliphatic heterocycles. The molecule has 224 valence electrons. The highest BCUT2D eigenvalue weighted by Crippen LogP contribution is 2.45. The Hall–Kier alpha value is -3.06. The molecular weight excluding hydrogens is 595 g/mol. The number of nitrogens with zero attached hydrogens (tertiary/aromatic N) is 3. The van der Waals surface area contributed by atoms with Gasteiger partial charge in [0.15, 0.2) is 5.13 Å². The lowest BCUT2D eigenvalue weighted by Crippen LogP contribution is -2.49. The molecule has 2 saturated heterocycles. The third kappa shape index (κ3) is 6.43. The van der Waals surface area contributed by atoms with Gasteiger partial charge in [-0.3, -0.25) is 4.79 Å². The Bertz CT molecular complexity index is 1540. The normalized spacial score (nSPS) is 20.2. The molecular formula is C35H38Cl2N4OS. The smallest absolute Gasteiger partial charge is 0.253 e. The Balaban J connectivity index is 1.25. The average Bonchev–Trinajstić information content (AvgIpc) is 3.49. The monoisotopic (exact) mass is 632 g/mol. The zero-order valence-corrected chi connectivity index (χ0v) is 26.7. The number of benzene rings is 3. The van der Waals surface area contributed by atoms with E-state index in [0.717, 1.165) is 76.0 Å². The number of thiazole rings is 1. The first-order valence-electron chi connectivity index (χ1n) is 15.2. The lowest BCUT2D eigenvalue weighted by molar-refractivity contribution is 0.0620. The van der Waals surface area contributed by atoms with Crippen LogP contribution in [-0.4, -0.2) is 42.0 Å². The zero-order valence-electron chi connectivity index (χ0n) is 24.4. The van der Waals surface area contributed by atoms with E-state index in [9.17, 15) is 4.79 Å². The molecule has 2 fully saturated rings. The molecule has 5 nitrogen and oxygen atoms in total. The fourth-order valence-corrected chi connectivity index (χ4v) is 8.18. The molecule has 2 aliphatic rings. The number of nitrogens with two attached hydrogens (primary N) is 1. The maximum atomic E-state index is 13.6. The average molecular weight is 634 g/mol. The number of nitrogen functional groups attached to an aromatic ring is 1. The van der Waals surface area contributed by atoms with Gasteiger partial charge in [-0.2, -0.15) is 0 Å². The van der Waals surface area contributed by atoms with E-state index in [1.807, 2.05) is 47.4 Å². The van der Waals surface area contributed by atoms with Gasteiger partial charge in [-0.05, 0) is 79.3 Å². The molecule has 6 rings (SSSR count). The summed E-state index contributed by atoms with van der Waals surface area (Å²) in [6.07, 6.45) is 7.20. The number of halogens is 2. The van der Waals surface area contributed by atoms with E-state index in [4.69, 9.17) is 28.9 Å². The standard InChI is InChI=1S/C35H38Cl2N4OS/c36-29-14-13-28(23-30(29)37)35(17-8-20-41(25-35)32(42)26-9-3-1-4-10-26)16-7-15-34(27-11-5-2-6-12-27)18-21-40(22-19-34)31-24-43-33(38)39-31/h1-6,9-14,23-24H,7-8,15-22,25H2,(H2,38,39). The number of piperidine rings is 2. The molecule has 1 amide bonds. The van der Waals surface area contributed by atoms with Gasteiger partial charge in [0.2, 0.25) is 0 Å². The Labute approximate surface area is 268 Å². The highest BCUT2D eigenvalue weighted by Gasteiger charge is 2.41. The predicted molar refractivity (Wildman–Crippen MR) is 180 cm³/mol. The summed E-state index contributed by atoms with van der Waals surface area (Å²) in [5.74, 6) is 1.09. The lowest BCUT2D eigenvalue weighted by Gasteiger charge is -2.46. The van der Waals surface area contributed by atoms with Crippen molar-refractivity contribution in [2.24, 2.45) is 0 Å². The van der Waals surface area contributed by atoms with Crippen LogP contribution in [0.25, 0.3) is 0 Å². The van der Waals surface area contributed by atoms with Crippen molar-refractivity contribution in [1.82, 2.24) is 9.88 Å². The Morgan fingerprint density at radius 1 is 0.837 bits per heavy atom. The number of carbonyl (C=O) groups is 1. The summed E-state index contributed by atoms with van der Waals surface area (Å²) in [4.78, 5) is 22.6. The number of hydrogen-bond acceptors (Lipinski definition) is 5. The third-order valence-electron chi connectivity index (χ3n) is 9.67. The number of aromatic nitrogens is 1. The van der Waals surface area contributed by atoms with Crippen LogP contribution in [0.4, 0.5) is 10.9 Å². The number of hydrogen-bond donors (Lipinski definition) is 1. The second-order valence-electron chi connectivity index (χ2n) is 12.1. The summed E-state index contributed by atoms with van der Waals surface area (Å²) in [5, 5.41) is 3.82. The lowest BCUT2D eigenvalue weighted by atomic mass is 9.66. The number of likely N-dealkylation sites (tertiary alicyclic amines) is 1. The van der Waals surface area contributed by atoms with Gasteiger partial charge >= 0.3 is 0 Å². The van der Waals surface area contributed by atoms with Crippen LogP contribution in [0.3, 0.4) is 0 Å². The van der Waals surface area contributed by atoms with Gasteiger partial charge in [0, 0.05) is 42.5 Å². The van der Waals surface area contributed by atoms with Crippen LogP contribution in [0.15, 0.2) is 84.2 Å². The minimum absolute atomic E-state index is 0.0897. The van der Waals surface area contributed by atoms with E-state index in [1.165, 1.54) is 22.5 Å². The molecule has 0 saturated carbocycles. The second-order valence-corrected chi connectivity index (χ2v) is 13.8. The molecule has 1 unspecified atom stereocenters. The number of rotatable bonds is 8. The quantitative estimate of drug-likeness (QED) is 0.211. The molecule has 3 heterocycles. The van der Waals surface area contributed by atoms with Crippen molar-refractivity contribution in [1.29, 1.82) is 0 Å². The molecule has 0 radical (unpaired) electrons. The van der Waals surface area contributed by atoms with Crippen molar-refractivity contribution < 1.29 is 4.79 Å². The van der Waals surface area contributed by atoms with Gasteiger partial charge < -0.3 is 15.5 Å². The van der Waals surface area contributed by atoms with E-state index in [1.54, 1.807) is 0 Å². The van der Waals surface area contributed by atoms with E-state index < -0.39 is 0 Å². The first-order chi connectivity index (χ1) is 20.9. The third-order valence-corrected chi connectivity index (χ3v) is 11.1. The Morgan fingerprint density at radius 3 is 2.21 bits per heavy atom. The summed E-state index contributed by atoms with van der Waals surface area (Å²) in [6.45, 7) is 3.35. The fourth-order valence-electron chi connectivity index (χ4n) is 7.31. The maximum absolute atomic E-state index is 13.6. The van der Waals surface area contributed by atoms with Crippen LogP contribution in [-0.2, 0) is 10.8 Å². The summed E-state index contributed by atoms with van der Waals surface area (Å²) < 4.78 is 0. The number of amides is 1. The van der Waals surface area contributed by atoms with Crippen molar-refractivity contribution in [3.05, 3.63) is 111 Å². The van der Waals surface area contributed by atoms with E-state index in [2.05, 4.69) is 51.7 Å². The first kappa shape index (κ1) is 30.0. The molecule has 2 N–H and O–H groups in total. The molecule has 3 aromatic carbocycles. The van der Waals surface area contributed by atoms with Gasteiger partial charge in [0.05, 0.1) is 10.0 Å². The topological polar surface area (TPSA) is 62.5 Å². The molecule has 0 aliphatic carbocycles. The van der Waals surface area contributed by atoms with Crippen LogP contribution in [0, 0.1) is 0 Å². The van der Waals surface area contributed by atoms with Crippen molar-refractivity contribution >= 4 is 51.4 Å². The van der Waals surface area contributed by atoms with E-state index in [0.29, 0.717) is 21.7 Å². The van der Waals surface area contributed by atoms with Crippen LogP contribution in [0.2, 0.25) is 10.0 Å². The van der Waals surface area contributed by atoms with E-state index >= 15 is 0 Å². The minimum atomic E-state index is -0.187. The predicted octanol–water partition coefficient (Wildman–Crippen LogP) is 8.61. The van der Waals surface area contributed by atoms with Crippen molar-refractivity contribution in [2.45, 2.75) is 55.8 Å². The van der Waals surface area contributed by atoms with Crippen molar-refractivity contribution in [2.75, 3.05) is 36.8 Å². The summed E-state index contributed by atoms with van der Waals surface area (Å²) in [7, 11) is 0. The molecule has 43 heavy (non-hydrogen) atoms. The van der Waals surface area contributed by atoms with Gasteiger partial charge in [0.1, 0.15) is 5.82 Å². The second kappa shape index (κ2) is 12.9. The van der Waals surface area contributed by atoms with Crippen LogP contribution < -0.4 is 10.6 Å². The van der Waals surface area contributed by atoms with Crippen LogP contribution in [0.1, 0.15) is 66.4 Å². The molecule has 0 spiro atoms. The molecule has 0 bridgehead atoms. The Kier molecular flexibility index (Phi) is 8.99. The van der Waals surface area contributed by atoms with Gasteiger partial charge in [-0.15, -0.1) is 11.3 Å². The number of carbonyl (C=O) groups excluding carboxylic acids is 1. The van der Waals surface area contributed by atoms with Crippen molar-refractivity contribution in [3.63, 3.8) is 0 Å². The zero-order chi connectivity index (χ0) is 29.9. The fraction of sp³-hybridized carbons (Fsp3) is 0.371. The van der Waals surface area contributed by atoms with Crippen LogP contribution >= 0.6 is 34.5 Å². The van der Waals surface area contributed by atoms with E-state index in [-0.39, 0.29) is 16.7 Å². The first-order valence-corrected chi connectivity index (χ1v) is 16.8. The SMILES string of the molecule is Nc1nc(N2CCC(CCCC3(c4ccc(Cl)c(Cl)c4)CCCN(C(=O)c4ccccc4)C3)(c3ccccc3)CC2)cs1. The van der Waals surface area contributed by atoms with Crippen LogP contribution in [0.5, 0.6) is 0 Å². The van der Waals surface area contributed by atoms with Crippen molar-refractivity contribution in [3.8, 4) is 0 Å². The molecule has 1 atom stereocenters. The minimum Gasteiger partial charge on any atom is -0.375 e. The number of anilines is 2.